The molecule has 3 aromatic heterocycles. The maximum absolute atomic E-state index is 13.0. The molecule has 0 aromatic carbocycles. The van der Waals surface area contributed by atoms with Crippen LogP contribution in [-0.2, 0) is 17.5 Å². The number of fused-ring (bicyclic) bond motifs is 1. The molecule has 0 N–H and O–H groups in total. The Bertz CT molecular complexity index is 1060. The van der Waals surface area contributed by atoms with Crippen molar-refractivity contribution in [1.29, 1.82) is 0 Å². The van der Waals surface area contributed by atoms with Crippen LogP contribution in [0, 0.1) is 0 Å². The molecule has 0 aliphatic carbocycles. The van der Waals surface area contributed by atoms with Gasteiger partial charge in [0.25, 0.3) is 0 Å². The molecule has 5 heterocycles. The van der Waals surface area contributed by atoms with E-state index < -0.39 is 11.9 Å². The Morgan fingerprint density at radius 1 is 1.03 bits per heavy atom. The fourth-order valence-electron chi connectivity index (χ4n) is 4.15. The Hall–Kier alpha value is -2.95. The lowest BCUT2D eigenvalue weighted by Gasteiger charge is -2.36. The second kappa shape index (κ2) is 7.95. The zero-order valence-corrected chi connectivity index (χ0v) is 16.8. The summed E-state index contributed by atoms with van der Waals surface area (Å²) in [5.74, 6) is 1.08. The van der Waals surface area contributed by atoms with Crippen molar-refractivity contribution in [2.45, 2.75) is 31.7 Å². The van der Waals surface area contributed by atoms with Gasteiger partial charge in [-0.05, 0) is 25.0 Å². The highest BCUT2D eigenvalue weighted by Gasteiger charge is 2.33. The lowest BCUT2D eigenvalue weighted by Crippen LogP contribution is -2.47. The highest BCUT2D eigenvalue weighted by Crippen LogP contribution is 2.30. The van der Waals surface area contributed by atoms with Crippen molar-refractivity contribution in [3.8, 4) is 0 Å². The van der Waals surface area contributed by atoms with E-state index in [1.807, 2.05) is 9.47 Å². The molecule has 31 heavy (non-hydrogen) atoms. The van der Waals surface area contributed by atoms with Gasteiger partial charge in [0.15, 0.2) is 17.0 Å². The zero-order valence-electron chi connectivity index (χ0n) is 16.8. The molecule has 0 bridgehead atoms. The lowest BCUT2D eigenvalue weighted by atomic mass is 10.2. The average molecular weight is 433 g/mol. The Morgan fingerprint density at radius 3 is 2.58 bits per heavy atom. The van der Waals surface area contributed by atoms with Crippen molar-refractivity contribution in [1.82, 2.24) is 24.5 Å². The number of pyridine rings is 1. The first-order valence-electron chi connectivity index (χ1n) is 10.3. The molecule has 2 saturated heterocycles. The van der Waals surface area contributed by atoms with Crippen LogP contribution in [0.5, 0.6) is 0 Å². The minimum absolute atomic E-state index is 0.180. The average Bonchev–Trinajstić information content (AvgIpc) is 3.44. The smallest absolute Gasteiger partial charge is 0.376 e. The van der Waals surface area contributed by atoms with Gasteiger partial charge < -0.3 is 19.1 Å². The van der Waals surface area contributed by atoms with Crippen molar-refractivity contribution in [2.75, 3.05) is 42.6 Å². The number of halogens is 3. The van der Waals surface area contributed by atoms with Gasteiger partial charge in [-0.2, -0.15) is 13.2 Å². The van der Waals surface area contributed by atoms with Crippen LogP contribution in [0.2, 0.25) is 0 Å². The number of alkyl halides is 3. The van der Waals surface area contributed by atoms with Crippen LogP contribution in [0.25, 0.3) is 11.2 Å². The standard InChI is InChI=1S/C20H22F3N7O/c21-20(22,23)15-4-1-5-16(27-15)28-6-8-29(9-7-28)18-17-19(25-12-24-18)30(13-26-17)11-14-3-2-10-31-14/h1,4-5,12-14H,2-3,6-11H2. The quantitative estimate of drug-likeness (QED) is 0.627. The van der Waals surface area contributed by atoms with Crippen LogP contribution in [0.15, 0.2) is 30.9 Å². The summed E-state index contributed by atoms with van der Waals surface area (Å²) in [5.41, 5.74) is 0.621. The maximum atomic E-state index is 13.0. The molecule has 8 nitrogen and oxygen atoms in total. The summed E-state index contributed by atoms with van der Waals surface area (Å²) in [6, 6.07) is 4.00. The van der Waals surface area contributed by atoms with E-state index in [9.17, 15) is 13.2 Å². The van der Waals surface area contributed by atoms with E-state index in [4.69, 9.17) is 4.74 Å². The fourth-order valence-corrected chi connectivity index (χ4v) is 4.15. The second-order valence-corrected chi connectivity index (χ2v) is 7.75. The minimum Gasteiger partial charge on any atom is -0.376 e. The molecule has 1 atom stereocenters. The van der Waals surface area contributed by atoms with Crippen LogP contribution in [0.1, 0.15) is 18.5 Å². The summed E-state index contributed by atoms with van der Waals surface area (Å²) >= 11 is 0. The van der Waals surface area contributed by atoms with Gasteiger partial charge in [0, 0.05) is 32.8 Å². The van der Waals surface area contributed by atoms with Gasteiger partial charge >= 0.3 is 6.18 Å². The summed E-state index contributed by atoms with van der Waals surface area (Å²) < 4.78 is 46.6. The Morgan fingerprint density at radius 2 is 1.84 bits per heavy atom. The van der Waals surface area contributed by atoms with Gasteiger partial charge in [-0.3, -0.25) is 0 Å². The molecule has 164 valence electrons. The van der Waals surface area contributed by atoms with Crippen molar-refractivity contribution in [3.05, 3.63) is 36.5 Å². The van der Waals surface area contributed by atoms with Crippen LogP contribution >= 0.6 is 0 Å². The van der Waals surface area contributed by atoms with Crippen molar-refractivity contribution in [3.63, 3.8) is 0 Å². The molecule has 11 heteroatoms. The Labute approximate surface area is 176 Å². The lowest BCUT2D eigenvalue weighted by molar-refractivity contribution is -0.141. The molecule has 3 aromatic rings. The molecule has 0 radical (unpaired) electrons. The summed E-state index contributed by atoms with van der Waals surface area (Å²) in [7, 11) is 0. The number of hydrogen-bond acceptors (Lipinski definition) is 7. The second-order valence-electron chi connectivity index (χ2n) is 7.75. The van der Waals surface area contributed by atoms with E-state index in [1.54, 1.807) is 12.4 Å². The first-order valence-corrected chi connectivity index (χ1v) is 10.3. The molecule has 0 amide bonds. The van der Waals surface area contributed by atoms with E-state index in [2.05, 4.69) is 24.8 Å². The van der Waals surface area contributed by atoms with Crippen LogP contribution < -0.4 is 9.80 Å². The number of aromatic nitrogens is 5. The molecular weight excluding hydrogens is 411 g/mol. The third kappa shape index (κ3) is 4.01. The van der Waals surface area contributed by atoms with E-state index in [0.717, 1.165) is 42.5 Å². The molecule has 5 rings (SSSR count). The monoisotopic (exact) mass is 433 g/mol. The van der Waals surface area contributed by atoms with Crippen LogP contribution in [-0.4, -0.2) is 63.4 Å². The van der Waals surface area contributed by atoms with Gasteiger partial charge in [0.2, 0.25) is 0 Å². The molecular formula is C20H22F3N7O. The van der Waals surface area contributed by atoms with Crippen molar-refractivity contribution >= 4 is 22.8 Å². The van der Waals surface area contributed by atoms with Crippen LogP contribution in [0.3, 0.4) is 0 Å². The maximum Gasteiger partial charge on any atom is 0.433 e. The van der Waals surface area contributed by atoms with E-state index in [-0.39, 0.29) is 6.10 Å². The first-order chi connectivity index (χ1) is 15.0. The largest absolute Gasteiger partial charge is 0.433 e. The first kappa shape index (κ1) is 20.0. The molecule has 1 unspecified atom stereocenters. The van der Waals surface area contributed by atoms with E-state index in [0.29, 0.717) is 38.5 Å². The number of imidazole rings is 1. The molecule has 0 spiro atoms. The Balaban J connectivity index is 1.31. The van der Waals surface area contributed by atoms with Crippen molar-refractivity contribution in [2.24, 2.45) is 0 Å². The van der Waals surface area contributed by atoms with Gasteiger partial charge in [0.1, 0.15) is 17.8 Å². The predicted octanol–water partition coefficient (Wildman–Crippen LogP) is 2.75. The zero-order chi connectivity index (χ0) is 21.4. The van der Waals surface area contributed by atoms with E-state index in [1.165, 1.54) is 12.4 Å². The molecule has 2 aliphatic rings. The van der Waals surface area contributed by atoms with Gasteiger partial charge in [-0.1, -0.05) is 6.07 Å². The fraction of sp³-hybridized carbons (Fsp3) is 0.500. The summed E-state index contributed by atoms with van der Waals surface area (Å²) in [6.45, 7) is 3.78. The normalized spacial score (nSPS) is 20.0. The minimum atomic E-state index is -4.45. The van der Waals surface area contributed by atoms with Gasteiger partial charge in [0.05, 0.1) is 19.0 Å². The van der Waals surface area contributed by atoms with Gasteiger partial charge in [-0.25, -0.2) is 19.9 Å². The number of hydrogen-bond donors (Lipinski definition) is 0. The van der Waals surface area contributed by atoms with Crippen molar-refractivity contribution < 1.29 is 17.9 Å². The number of ether oxygens (including phenoxy) is 1. The summed E-state index contributed by atoms with van der Waals surface area (Å²) in [4.78, 5) is 21.2. The topological polar surface area (TPSA) is 72.2 Å². The molecule has 2 fully saturated rings. The Kier molecular flexibility index (Phi) is 5.12. The number of piperazine rings is 1. The molecule has 2 aliphatic heterocycles. The summed E-state index contributed by atoms with van der Waals surface area (Å²) in [5, 5.41) is 0. The highest BCUT2D eigenvalue weighted by atomic mass is 19.4. The predicted molar refractivity (Wildman–Crippen MR) is 108 cm³/mol. The third-order valence-electron chi connectivity index (χ3n) is 5.73. The third-order valence-corrected chi connectivity index (χ3v) is 5.73. The van der Waals surface area contributed by atoms with E-state index >= 15 is 0 Å². The number of nitrogens with zero attached hydrogens (tertiary/aromatic N) is 7. The highest BCUT2D eigenvalue weighted by molar-refractivity contribution is 5.83. The van der Waals surface area contributed by atoms with Gasteiger partial charge in [-0.15, -0.1) is 0 Å². The number of rotatable bonds is 4. The SMILES string of the molecule is FC(F)(F)c1cccc(N2CCN(c3ncnc4c3ncn4CC3CCCO3)CC2)n1. The van der Waals surface area contributed by atoms with Crippen LogP contribution in [0.4, 0.5) is 24.8 Å². The number of anilines is 2. The molecule has 0 saturated carbocycles. The summed E-state index contributed by atoms with van der Waals surface area (Å²) in [6.07, 6.45) is 1.14.